The second kappa shape index (κ2) is 10.6. The molecule has 1 aromatic heterocycles. The number of fused-ring (bicyclic) bond motifs is 1. The molecule has 2 atom stereocenters. The Kier molecular flexibility index (Phi) is 8.41. The van der Waals surface area contributed by atoms with E-state index < -0.39 is 12.1 Å². The third-order valence-electron chi connectivity index (χ3n) is 4.75. The Morgan fingerprint density at radius 3 is 2.59 bits per heavy atom. The standard InChI is InChI=1S/C15H23N3O4.C2HF3O2/c1-20-10-8-17-9-11-21-13-4-7-18(6-3-12(13)17)15(19)14-2-5-16-22-14;3-2(4,5)1(6)7/h2,5,12-13H,3-4,6-11H2,1H3;(H,6,7)/t12-,13-;/m1./s1. The molecule has 0 spiro atoms. The Labute approximate surface area is 165 Å². The average molecular weight is 423 g/mol. The minimum atomic E-state index is -5.08. The van der Waals surface area contributed by atoms with Crippen molar-refractivity contribution in [3.05, 3.63) is 18.0 Å². The molecule has 164 valence electrons. The highest BCUT2D eigenvalue weighted by atomic mass is 19.4. The van der Waals surface area contributed by atoms with Gasteiger partial charge in [0.1, 0.15) is 0 Å². The van der Waals surface area contributed by atoms with Gasteiger partial charge in [-0.3, -0.25) is 9.69 Å². The number of nitrogens with zero attached hydrogens (tertiary/aromatic N) is 3. The van der Waals surface area contributed by atoms with Crippen LogP contribution in [0, 0.1) is 0 Å². The van der Waals surface area contributed by atoms with Crippen LogP contribution in [0.2, 0.25) is 0 Å². The number of rotatable bonds is 4. The van der Waals surface area contributed by atoms with Crippen molar-refractivity contribution in [1.82, 2.24) is 15.0 Å². The lowest BCUT2D eigenvalue weighted by atomic mass is 10.0. The Balaban J connectivity index is 0.000000370. The molecule has 0 unspecified atom stereocenters. The molecule has 0 bridgehead atoms. The quantitative estimate of drug-likeness (QED) is 0.772. The minimum absolute atomic E-state index is 0.0837. The summed E-state index contributed by atoms with van der Waals surface area (Å²) in [6, 6.07) is 1.97. The Morgan fingerprint density at radius 1 is 1.31 bits per heavy atom. The van der Waals surface area contributed by atoms with Crippen LogP contribution in [0.25, 0.3) is 0 Å². The van der Waals surface area contributed by atoms with Crippen molar-refractivity contribution >= 4 is 11.9 Å². The summed E-state index contributed by atoms with van der Waals surface area (Å²) >= 11 is 0. The Morgan fingerprint density at radius 2 is 2.00 bits per heavy atom. The Bertz CT molecular complexity index is 655. The number of likely N-dealkylation sites (tertiary alicyclic amines) is 1. The molecular formula is C17H24F3N3O6. The highest BCUT2D eigenvalue weighted by molar-refractivity contribution is 5.91. The largest absolute Gasteiger partial charge is 0.490 e. The Hall–Kier alpha value is -2.18. The first-order valence-electron chi connectivity index (χ1n) is 9.08. The molecule has 1 N–H and O–H groups in total. The van der Waals surface area contributed by atoms with Crippen molar-refractivity contribution in [3.63, 3.8) is 0 Å². The number of carbonyl (C=O) groups excluding carboxylic acids is 1. The van der Waals surface area contributed by atoms with E-state index in [1.54, 1.807) is 13.2 Å². The highest BCUT2D eigenvalue weighted by Gasteiger charge is 2.38. The number of carboxylic acid groups (broad SMARTS) is 1. The zero-order chi connectivity index (χ0) is 21.4. The van der Waals surface area contributed by atoms with Gasteiger partial charge in [0.15, 0.2) is 0 Å². The van der Waals surface area contributed by atoms with Crippen molar-refractivity contribution < 1.29 is 41.9 Å². The number of amides is 1. The number of aromatic nitrogens is 1. The van der Waals surface area contributed by atoms with Gasteiger partial charge in [-0.1, -0.05) is 5.16 Å². The number of halogens is 3. The zero-order valence-corrected chi connectivity index (χ0v) is 15.9. The fraction of sp³-hybridized carbons (Fsp3) is 0.706. The molecule has 0 aliphatic carbocycles. The monoisotopic (exact) mass is 423 g/mol. The number of aliphatic carboxylic acids is 1. The minimum Gasteiger partial charge on any atom is -0.475 e. The lowest BCUT2D eigenvalue weighted by Crippen LogP contribution is -2.52. The molecule has 1 aromatic rings. The molecule has 2 saturated heterocycles. The first-order chi connectivity index (χ1) is 13.7. The molecule has 9 nitrogen and oxygen atoms in total. The van der Waals surface area contributed by atoms with E-state index in [9.17, 15) is 18.0 Å². The molecule has 1 amide bonds. The summed E-state index contributed by atoms with van der Waals surface area (Å²) in [5, 5.41) is 10.7. The summed E-state index contributed by atoms with van der Waals surface area (Å²) in [7, 11) is 1.73. The van der Waals surface area contributed by atoms with Crippen molar-refractivity contribution in [2.75, 3.05) is 46.5 Å². The molecule has 0 radical (unpaired) electrons. The van der Waals surface area contributed by atoms with E-state index in [0.717, 1.165) is 39.1 Å². The predicted octanol–water partition coefficient (Wildman–Crippen LogP) is 1.26. The average Bonchev–Trinajstić information content (AvgIpc) is 3.12. The third kappa shape index (κ3) is 6.68. The van der Waals surface area contributed by atoms with Crippen LogP contribution in [0.15, 0.2) is 16.8 Å². The van der Waals surface area contributed by atoms with Gasteiger partial charge < -0.3 is 24.0 Å². The van der Waals surface area contributed by atoms with Crippen LogP contribution in [0.5, 0.6) is 0 Å². The number of methoxy groups -OCH3 is 1. The summed E-state index contributed by atoms with van der Waals surface area (Å²) in [5.41, 5.74) is 0. The summed E-state index contributed by atoms with van der Waals surface area (Å²) in [4.78, 5) is 25.6. The van der Waals surface area contributed by atoms with Gasteiger partial charge in [0.05, 0.1) is 25.5 Å². The van der Waals surface area contributed by atoms with Gasteiger partial charge in [-0.2, -0.15) is 13.2 Å². The SMILES string of the molecule is COCCN1CCO[C@@H]2CCN(C(=O)c3ccno3)CC[C@H]21.O=C(O)C(F)(F)F. The number of ether oxygens (including phenoxy) is 2. The van der Waals surface area contributed by atoms with Gasteiger partial charge in [0, 0.05) is 45.4 Å². The maximum absolute atomic E-state index is 12.4. The maximum atomic E-state index is 12.4. The molecule has 2 aliphatic rings. The lowest BCUT2D eigenvalue weighted by molar-refractivity contribution is -0.192. The van der Waals surface area contributed by atoms with Gasteiger partial charge in [-0.25, -0.2) is 4.79 Å². The molecular weight excluding hydrogens is 399 g/mol. The van der Waals surface area contributed by atoms with Crippen molar-refractivity contribution in [2.24, 2.45) is 0 Å². The molecule has 0 saturated carbocycles. The van der Waals surface area contributed by atoms with Crippen LogP contribution in [-0.4, -0.2) is 96.8 Å². The predicted molar refractivity (Wildman–Crippen MR) is 92.3 cm³/mol. The number of hydrogen-bond donors (Lipinski definition) is 1. The molecule has 3 heterocycles. The maximum Gasteiger partial charge on any atom is 0.490 e. The first-order valence-corrected chi connectivity index (χ1v) is 9.08. The molecule has 2 fully saturated rings. The normalized spacial score (nSPS) is 22.8. The second-order valence-electron chi connectivity index (χ2n) is 6.55. The molecule has 29 heavy (non-hydrogen) atoms. The number of morpholine rings is 1. The fourth-order valence-corrected chi connectivity index (χ4v) is 3.33. The van der Waals surface area contributed by atoms with E-state index in [-0.39, 0.29) is 12.0 Å². The van der Waals surface area contributed by atoms with E-state index in [0.29, 0.717) is 24.9 Å². The van der Waals surface area contributed by atoms with Crippen LogP contribution in [0.1, 0.15) is 23.4 Å². The first kappa shape index (κ1) is 23.1. The van der Waals surface area contributed by atoms with Crippen molar-refractivity contribution in [3.8, 4) is 0 Å². The van der Waals surface area contributed by atoms with Gasteiger partial charge in [0.2, 0.25) is 5.76 Å². The summed E-state index contributed by atoms with van der Waals surface area (Å²) in [5.74, 6) is -2.53. The smallest absolute Gasteiger partial charge is 0.475 e. The van der Waals surface area contributed by atoms with Gasteiger partial charge >= 0.3 is 12.1 Å². The van der Waals surface area contributed by atoms with Gasteiger partial charge in [0.25, 0.3) is 5.91 Å². The number of carbonyl (C=O) groups is 2. The molecule has 3 rings (SSSR count). The molecule has 12 heteroatoms. The number of hydrogen-bond acceptors (Lipinski definition) is 7. The van der Waals surface area contributed by atoms with E-state index in [1.165, 1.54) is 6.20 Å². The van der Waals surface area contributed by atoms with Crippen LogP contribution in [0.4, 0.5) is 13.2 Å². The summed E-state index contributed by atoms with van der Waals surface area (Å²) in [6.07, 6.45) is -1.62. The third-order valence-corrected chi connectivity index (χ3v) is 4.75. The summed E-state index contributed by atoms with van der Waals surface area (Å²) < 4.78 is 47.9. The molecule has 0 aromatic carbocycles. The highest BCUT2D eigenvalue weighted by Crippen LogP contribution is 2.24. The number of carboxylic acids is 1. The van der Waals surface area contributed by atoms with Crippen LogP contribution < -0.4 is 0 Å². The number of alkyl halides is 3. The topological polar surface area (TPSA) is 105 Å². The summed E-state index contributed by atoms with van der Waals surface area (Å²) in [6.45, 7) is 4.73. The van der Waals surface area contributed by atoms with Crippen molar-refractivity contribution in [2.45, 2.75) is 31.2 Å². The van der Waals surface area contributed by atoms with Crippen molar-refractivity contribution in [1.29, 1.82) is 0 Å². The van der Waals surface area contributed by atoms with Gasteiger partial charge in [-0.15, -0.1) is 0 Å². The van der Waals surface area contributed by atoms with E-state index >= 15 is 0 Å². The van der Waals surface area contributed by atoms with Gasteiger partial charge in [-0.05, 0) is 12.8 Å². The van der Waals surface area contributed by atoms with E-state index in [4.69, 9.17) is 23.9 Å². The molecule has 2 aliphatic heterocycles. The second-order valence-corrected chi connectivity index (χ2v) is 6.55. The lowest BCUT2D eigenvalue weighted by Gasteiger charge is -2.40. The van der Waals surface area contributed by atoms with Crippen LogP contribution >= 0.6 is 0 Å². The van der Waals surface area contributed by atoms with E-state index in [2.05, 4.69) is 10.1 Å². The zero-order valence-electron chi connectivity index (χ0n) is 15.9. The van der Waals surface area contributed by atoms with Crippen LogP contribution in [-0.2, 0) is 14.3 Å². The fourth-order valence-electron chi connectivity index (χ4n) is 3.33. The van der Waals surface area contributed by atoms with E-state index in [1.807, 2.05) is 4.90 Å². The van der Waals surface area contributed by atoms with Crippen LogP contribution in [0.3, 0.4) is 0 Å².